The van der Waals surface area contributed by atoms with Crippen molar-refractivity contribution >= 4 is 10.0 Å². The Morgan fingerprint density at radius 3 is 2.65 bits per heavy atom. The van der Waals surface area contributed by atoms with Crippen molar-refractivity contribution in [3.63, 3.8) is 0 Å². The monoisotopic (exact) mass is 311 g/mol. The third-order valence-corrected chi connectivity index (χ3v) is 4.22. The number of sulfonamides is 1. The summed E-state index contributed by atoms with van der Waals surface area (Å²) in [5.41, 5.74) is 0.148. The molecule has 1 aliphatic heterocycles. The second-order valence-electron chi connectivity index (χ2n) is 4.13. The van der Waals surface area contributed by atoms with Crippen LogP contribution in [-0.2, 0) is 21.3 Å². The number of hydrogen-bond donors (Lipinski definition) is 0. The molecule has 0 atom stereocenters. The fraction of sp³-hybridized carbons (Fsp3) is 0.455. The molecule has 0 unspecified atom stereocenters. The van der Waals surface area contributed by atoms with Crippen LogP contribution in [0.5, 0.6) is 5.75 Å². The van der Waals surface area contributed by atoms with Crippen LogP contribution in [0.15, 0.2) is 24.3 Å². The zero-order chi connectivity index (χ0) is 14.8. The topological polar surface area (TPSA) is 55.8 Å². The molecule has 1 saturated heterocycles. The maximum atomic E-state index is 12.3. The Hall–Kier alpha value is -1.32. The number of para-hydroxylation sites is 1. The standard InChI is InChI=1S/C11H12F3NO4S/c12-11(13,14)19-10-4-2-1-3-9(10)7-15-5-6-18-8-20(15,16)17/h1-4H,5-8H2. The van der Waals surface area contributed by atoms with E-state index >= 15 is 0 Å². The van der Waals surface area contributed by atoms with Crippen LogP contribution < -0.4 is 4.74 Å². The van der Waals surface area contributed by atoms with Gasteiger partial charge < -0.3 is 9.47 Å². The van der Waals surface area contributed by atoms with Crippen molar-refractivity contribution in [3.05, 3.63) is 29.8 Å². The van der Waals surface area contributed by atoms with Crippen molar-refractivity contribution in [2.24, 2.45) is 0 Å². The van der Waals surface area contributed by atoms with Crippen LogP contribution in [0.1, 0.15) is 5.56 Å². The Bertz CT molecular complexity index is 573. The molecular formula is C11H12F3NO4S. The van der Waals surface area contributed by atoms with Gasteiger partial charge in [-0.2, -0.15) is 4.31 Å². The highest BCUT2D eigenvalue weighted by atomic mass is 32.2. The van der Waals surface area contributed by atoms with E-state index in [1.165, 1.54) is 18.2 Å². The number of benzene rings is 1. The van der Waals surface area contributed by atoms with E-state index in [0.717, 1.165) is 10.4 Å². The van der Waals surface area contributed by atoms with Gasteiger partial charge in [-0.05, 0) is 6.07 Å². The molecule has 5 nitrogen and oxygen atoms in total. The molecule has 1 fully saturated rings. The van der Waals surface area contributed by atoms with Gasteiger partial charge in [0.25, 0.3) is 0 Å². The van der Waals surface area contributed by atoms with Crippen LogP contribution in [0.2, 0.25) is 0 Å². The van der Waals surface area contributed by atoms with Crippen LogP contribution in [0.3, 0.4) is 0 Å². The Balaban J connectivity index is 2.21. The molecule has 1 aromatic rings. The minimum absolute atomic E-state index is 0.0999. The summed E-state index contributed by atoms with van der Waals surface area (Å²) in [6.07, 6.45) is -4.82. The third kappa shape index (κ3) is 3.84. The molecule has 1 aromatic carbocycles. The molecule has 1 aliphatic rings. The fourth-order valence-corrected chi connectivity index (χ4v) is 2.94. The number of hydrogen-bond acceptors (Lipinski definition) is 4. The first-order valence-corrected chi connectivity index (χ1v) is 7.28. The van der Waals surface area contributed by atoms with E-state index in [-0.39, 0.29) is 25.3 Å². The molecule has 20 heavy (non-hydrogen) atoms. The number of ether oxygens (including phenoxy) is 2. The first-order chi connectivity index (χ1) is 9.28. The SMILES string of the molecule is O=S1(=O)COCCN1Cc1ccccc1OC(F)(F)F. The van der Waals surface area contributed by atoms with E-state index < -0.39 is 28.1 Å². The molecule has 1 heterocycles. The molecule has 112 valence electrons. The minimum Gasteiger partial charge on any atom is -0.405 e. The van der Waals surface area contributed by atoms with Crippen LogP contribution >= 0.6 is 0 Å². The number of halogens is 3. The van der Waals surface area contributed by atoms with Gasteiger partial charge >= 0.3 is 6.36 Å². The molecule has 0 bridgehead atoms. The molecule has 0 saturated carbocycles. The van der Waals surface area contributed by atoms with Crippen molar-refractivity contribution in [2.45, 2.75) is 12.9 Å². The van der Waals surface area contributed by atoms with Gasteiger partial charge in [-0.3, -0.25) is 0 Å². The second kappa shape index (κ2) is 5.58. The van der Waals surface area contributed by atoms with Crippen molar-refractivity contribution in [1.29, 1.82) is 0 Å². The summed E-state index contributed by atoms with van der Waals surface area (Å²) < 4.78 is 70.1. The van der Waals surface area contributed by atoms with Gasteiger partial charge in [0, 0.05) is 18.7 Å². The van der Waals surface area contributed by atoms with Gasteiger partial charge in [-0.1, -0.05) is 18.2 Å². The lowest BCUT2D eigenvalue weighted by atomic mass is 10.2. The number of alkyl halides is 3. The molecule has 0 aromatic heterocycles. The van der Waals surface area contributed by atoms with Crippen molar-refractivity contribution in [2.75, 3.05) is 19.1 Å². The summed E-state index contributed by atoms with van der Waals surface area (Å²) in [5.74, 6) is -0.864. The third-order valence-electron chi connectivity index (χ3n) is 2.66. The molecule has 0 amide bonds. The van der Waals surface area contributed by atoms with Gasteiger partial charge in [0.05, 0.1) is 6.61 Å². The largest absolute Gasteiger partial charge is 0.573 e. The normalized spacial score (nSPS) is 19.8. The van der Waals surface area contributed by atoms with Crippen molar-refractivity contribution in [3.8, 4) is 5.75 Å². The molecule has 0 spiro atoms. The van der Waals surface area contributed by atoms with Crippen LogP contribution in [0, 0.1) is 0 Å². The zero-order valence-electron chi connectivity index (χ0n) is 10.3. The van der Waals surface area contributed by atoms with Crippen molar-refractivity contribution in [1.82, 2.24) is 4.31 Å². The smallest absolute Gasteiger partial charge is 0.405 e. The molecule has 0 radical (unpaired) electrons. The summed E-state index contributed by atoms with van der Waals surface area (Å²) in [6.45, 7) is 0.127. The van der Waals surface area contributed by atoms with Gasteiger partial charge in [0.2, 0.25) is 10.0 Å². The predicted molar refractivity (Wildman–Crippen MR) is 63.3 cm³/mol. The van der Waals surface area contributed by atoms with Crippen LogP contribution in [0.25, 0.3) is 0 Å². The Kier molecular flexibility index (Phi) is 4.21. The second-order valence-corrected chi connectivity index (χ2v) is 6.04. The molecule has 9 heteroatoms. The molecule has 2 rings (SSSR count). The molecule has 0 aliphatic carbocycles. The van der Waals surface area contributed by atoms with E-state index in [0.29, 0.717) is 0 Å². The van der Waals surface area contributed by atoms with Gasteiger partial charge in [0.1, 0.15) is 5.75 Å². The summed E-state index contributed by atoms with van der Waals surface area (Å²) >= 11 is 0. The van der Waals surface area contributed by atoms with Gasteiger partial charge in [0.15, 0.2) is 5.94 Å². The average Bonchev–Trinajstić information content (AvgIpc) is 2.32. The molecule has 0 N–H and O–H groups in total. The molecular weight excluding hydrogens is 299 g/mol. The van der Waals surface area contributed by atoms with Gasteiger partial charge in [-0.25, -0.2) is 8.42 Å². The quantitative estimate of drug-likeness (QED) is 0.853. The Labute approximate surface area is 113 Å². The maximum absolute atomic E-state index is 12.3. The van der Waals surface area contributed by atoms with Crippen LogP contribution in [0.4, 0.5) is 13.2 Å². The summed E-state index contributed by atoms with van der Waals surface area (Å²) in [7, 11) is -3.61. The fourth-order valence-electron chi connectivity index (χ4n) is 1.77. The Morgan fingerprint density at radius 1 is 1.30 bits per heavy atom. The number of rotatable bonds is 3. The lowest BCUT2D eigenvalue weighted by Gasteiger charge is -2.27. The van der Waals surface area contributed by atoms with E-state index in [9.17, 15) is 21.6 Å². The zero-order valence-corrected chi connectivity index (χ0v) is 11.1. The van der Waals surface area contributed by atoms with Crippen molar-refractivity contribution < 1.29 is 31.1 Å². The minimum atomic E-state index is -4.82. The highest BCUT2D eigenvalue weighted by Crippen LogP contribution is 2.28. The maximum Gasteiger partial charge on any atom is 0.573 e. The average molecular weight is 311 g/mol. The summed E-state index contributed by atoms with van der Waals surface area (Å²) in [5, 5.41) is 0. The highest BCUT2D eigenvalue weighted by molar-refractivity contribution is 7.88. The first kappa shape index (κ1) is 15.1. The number of nitrogens with zero attached hydrogens (tertiary/aromatic N) is 1. The predicted octanol–water partition coefficient (Wildman–Crippen LogP) is 1.70. The van der Waals surface area contributed by atoms with E-state index in [2.05, 4.69) is 4.74 Å². The lowest BCUT2D eigenvalue weighted by molar-refractivity contribution is -0.274. The lowest BCUT2D eigenvalue weighted by Crippen LogP contribution is -2.40. The van der Waals surface area contributed by atoms with E-state index in [1.807, 2.05) is 0 Å². The summed E-state index contributed by atoms with van der Waals surface area (Å²) in [6, 6.07) is 5.45. The van der Waals surface area contributed by atoms with E-state index in [1.54, 1.807) is 0 Å². The van der Waals surface area contributed by atoms with Gasteiger partial charge in [-0.15, -0.1) is 13.2 Å². The van der Waals surface area contributed by atoms with E-state index in [4.69, 9.17) is 4.74 Å². The Morgan fingerprint density at radius 2 is 2.00 bits per heavy atom. The first-order valence-electron chi connectivity index (χ1n) is 5.67. The highest BCUT2D eigenvalue weighted by Gasteiger charge is 2.33. The summed E-state index contributed by atoms with van der Waals surface area (Å²) in [4.78, 5) is 0. The van der Waals surface area contributed by atoms with Crippen LogP contribution in [-0.4, -0.2) is 38.2 Å².